The van der Waals surface area contributed by atoms with E-state index in [1.165, 1.54) is 0 Å². The minimum Gasteiger partial charge on any atom is -0.305 e. The van der Waals surface area contributed by atoms with Crippen LogP contribution in [0.3, 0.4) is 0 Å². The quantitative estimate of drug-likeness (QED) is 0.595. The van der Waals surface area contributed by atoms with E-state index in [1.807, 2.05) is 59.2 Å². The van der Waals surface area contributed by atoms with Crippen LogP contribution in [0.2, 0.25) is 0 Å². The number of nitrogens with zero attached hydrogens (tertiary/aromatic N) is 4. The molecular weight excluding hydrogens is 338 g/mol. The minimum absolute atomic E-state index is 0.229. The molecule has 4 rings (SSSR count). The van der Waals surface area contributed by atoms with E-state index in [0.29, 0.717) is 11.5 Å². The third-order valence-corrected chi connectivity index (χ3v) is 4.32. The zero-order chi connectivity index (χ0) is 19.0. The number of para-hydroxylation sites is 3. The second-order valence-corrected chi connectivity index (χ2v) is 7.39. The SMILES string of the molecule is CC(C)(C)n1c(NC(=O)c2cnn(-c3ccccc3)c2)nc2ccccc21. The van der Waals surface area contributed by atoms with Gasteiger partial charge >= 0.3 is 0 Å². The van der Waals surface area contributed by atoms with Gasteiger partial charge in [0.2, 0.25) is 5.95 Å². The summed E-state index contributed by atoms with van der Waals surface area (Å²) in [5.74, 6) is 0.291. The van der Waals surface area contributed by atoms with Gasteiger partial charge in [-0.1, -0.05) is 30.3 Å². The van der Waals surface area contributed by atoms with Gasteiger partial charge in [-0.3, -0.25) is 10.1 Å². The van der Waals surface area contributed by atoms with Crippen LogP contribution in [0.4, 0.5) is 5.95 Å². The first-order valence-corrected chi connectivity index (χ1v) is 8.83. The molecule has 0 saturated heterocycles. The molecule has 6 heteroatoms. The number of carbonyl (C=O) groups excluding carboxylic acids is 1. The molecule has 0 radical (unpaired) electrons. The number of amides is 1. The van der Waals surface area contributed by atoms with E-state index in [-0.39, 0.29) is 11.4 Å². The lowest BCUT2D eigenvalue weighted by atomic mass is 10.1. The molecule has 2 aromatic heterocycles. The van der Waals surface area contributed by atoms with Crippen LogP contribution >= 0.6 is 0 Å². The lowest BCUT2D eigenvalue weighted by Crippen LogP contribution is -2.25. The van der Waals surface area contributed by atoms with Crippen molar-refractivity contribution in [2.24, 2.45) is 0 Å². The van der Waals surface area contributed by atoms with Gasteiger partial charge in [-0.05, 0) is 45.0 Å². The molecule has 2 heterocycles. The summed E-state index contributed by atoms with van der Waals surface area (Å²) in [4.78, 5) is 17.4. The van der Waals surface area contributed by atoms with Crippen molar-refractivity contribution in [3.8, 4) is 5.69 Å². The molecule has 0 bridgehead atoms. The third kappa shape index (κ3) is 3.21. The molecule has 1 amide bonds. The Balaban J connectivity index is 1.67. The van der Waals surface area contributed by atoms with Gasteiger partial charge in [0.25, 0.3) is 5.91 Å². The van der Waals surface area contributed by atoms with Gasteiger partial charge in [0.05, 0.1) is 28.5 Å². The van der Waals surface area contributed by atoms with E-state index < -0.39 is 0 Å². The average Bonchev–Trinajstić information content (AvgIpc) is 3.26. The number of hydrogen-bond acceptors (Lipinski definition) is 3. The number of hydrogen-bond donors (Lipinski definition) is 1. The second-order valence-electron chi connectivity index (χ2n) is 7.39. The molecule has 0 spiro atoms. The van der Waals surface area contributed by atoms with Crippen LogP contribution in [0.25, 0.3) is 16.7 Å². The first kappa shape index (κ1) is 17.0. The van der Waals surface area contributed by atoms with E-state index in [2.05, 4.69) is 36.2 Å². The first-order valence-electron chi connectivity index (χ1n) is 8.83. The predicted molar refractivity (Wildman–Crippen MR) is 106 cm³/mol. The number of anilines is 1. The molecule has 136 valence electrons. The fraction of sp³-hybridized carbons (Fsp3) is 0.190. The Bertz CT molecular complexity index is 1100. The molecule has 2 aromatic carbocycles. The zero-order valence-corrected chi connectivity index (χ0v) is 15.5. The van der Waals surface area contributed by atoms with Crippen molar-refractivity contribution in [2.45, 2.75) is 26.3 Å². The second kappa shape index (κ2) is 6.39. The van der Waals surface area contributed by atoms with Gasteiger partial charge in [-0.15, -0.1) is 0 Å². The third-order valence-electron chi connectivity index (χ3n) is 4.32. The maximum Gasteiger partial charge on any atom is 0.261 e. The number of carbonyl (C=O) groups is 1. The molecule has 0 aliphatic carbocycles. The van der Waals surface area contributed by atoms with Crippen LogP contribution in [0.5, 0.6) is 0 Å². The molecule has 0 aliphatic heterocycles. The van der Waals surface area contributed by atoms with Crippen molar-refractivity contribution >= 4 is 22.9 Å². The zero-order valence-electron chi connectivity index (χ0n) is 15.5. The number of fused-ring (bicyclic) bond motifs is 1. The molecule has 4 aromatic rings. The number of rotatable bonds is 3. The highest BCUT2D eigenvalue weighted by Crippen LogP contribution is 2.28. The molecule has 0 unspecified atom stereocenters. The monoisotopic (exact) mass is 359 g/mol. The topological polar surface area (TPSA) is 64.7 Å². The molecule has 0 aliphatic rings. The van der Waals surface area contributed by atoms with E-state index in [4.69, 9.17) is 0 Å². The number of imidazole rings is 1. The number of benzene rings is 2. The Kier molecular flexibility index (Phi) is 4.03. The summed E-state index contributed by atoms with van der Waals surface area (Å²) in [7, 11) is 0. The van der Waals surface area contributed by atoms with Crippen LogP contribution < -0.4 is 5.32 Å². The lowest BCUT2D eigenvalue weighted by Gasteiger charge is -2.24. The van der Waals surface area contributed by atoms with Crippen LogP contribution in [-0.4, -0.2) is 25.2 Å². The van der Waals surface area contributed by atoms with Crippen LogP contribution in [-0.2, 0) is 5.54 Å². The average molecular weight is 359 g/mol. The Labute approximate surface area is 157 Å². The maximum absolute atomic E-state index is 12.8. The molecule has 6 nitrogen and oxygen atoms in total. The van der Waals surface area contributed by atoms with Crippen LogP contribution in [0.15, 0.2) is 67.0 Å². The Morgan fingerprint density at radius 3 is 2.44 bits per heavy atom. The fourth-order valence-corrected chi connectivity index (χ4v) is 3.12. The van der Waals surface area contributed by atoms with Crippen molar-refractivity contribution in [1.82, 2.24) is 19.3 Å². The molecular formula is C21H21N5O. The lowest BCUT2D eigenvalue weighted by molar-refractivity contribution is 0.102. The summed E-state index contributed by atoms with van der Waals surface area (Å²) in [5, 5.41) is 7.24. The summed E-state index contributed by atoms with van der Waals surface area (Å²) in [6.45, 7) is 6.26. The van der Waals surface area contributed by atoms with Gasteiger partial charge in [0.1, 0.15) is 0 Å². The largest absolute Gasteiger partial charge is 0.305 e. The highest BCUT2D eigenvalue weighted by molar-refractivity contribution is 6.03. The maximum atomic E-state index is 12.8. The highest BCUT2D eigenvalue weighted by atomic mass is 16.1. The van der Waals surface area contributed by atoms with Crippen molar-refractivity contribution in [3.05, 3.63) is 72.6 Å². The van der Waals surface area contributed by atoms with Gasteiger partial charge in [0.15, 0.2) is 0 Å². The van der Waals surface area contributed by atoms with E-state index in [9.17, 15) is 4.79 Å². The summed E-state index contributed by atoms with van der Waals surface area (Å²) in [5.41, 5.74) is 2.99. The Morgan fingerprint density at radius 2 is 1.70 bits per heavy atom. The summed E-state index contributed by atoms with van der Waals surface area (Å²) in [6.07, 6.45) is 3.28. The van der Waals surface area contributed by atoms with E-state index >= 15 is 0 Å². The smallest absolute Gasteiger partial charge is 0.261 e. The van der Waals surface area contributed by atoms with Gasteiger partial charge in [-0.25, -0.2) is 9.67 Å². The number of nitrogens with one attached hydrogen (secondary N) is 1. The molecule has 0 atom stereocenters. The van der Waals surface area contributed by atoms with Crippen LogP contribution in [0, 0.1) is 0 Å². The summed E-state index contributed by atoms with van der Waals surface area (Å²) >= 11 is 0. The van der Waals surface area contributed by atoms with E-state index in [1.54, 1.807) is 17.1 Å². The summed E-state index contributed by atoms with van der Waals surface area (Å²) in [6, 6.07) is 17.6. The Hall–Kier alpha value is -3.41. The molecule has 1 N–H and O–H groups in total. The number of aromatic nitrogens is 4. The molecule has 27 heavy (non-hydrogen) atoms. The standard InChI is InChI=1S/C21H21N5O/c1-21(2,3)26-18-12-8-7-11-17(18)23-20(26)24-19(27)15-13-22-25(14-15)16-9-5-4-6-10-16/h4-14H,1-3H3,(H,23,24,27). The summed E-state index contributed by atoms with van der Waals surface area (Å²) < 4.78 is 3.73. The molecule has 0 fully saturated rings. The predicted octanol–water partition coefficient (Wildman–Crippen LogP) is 4.23. The fourth-order valence-electron chi connectivity index (χ4n) is 3.12. The van der Waals surface area contributed by atoms with Gasteiger partial charge in [-0.2, -0.15) is 5.10 Å². The highest BCUT2D eigenvalue weighted by Gasteiger charge is 2.23. The van der Waals surface area contributed by atoms with Crippen molar-refractivity contribution in [2.75, 3.05) is 5.32 Å². The normalized spacial score (nSPS) is 11.7. The Morgan fingerprint density at radius 1 is 1.00 bits per heavy atom. The minimum atomic E-state index is -0.238. The van der Waals surface area contributed by atoms with E-state index in [0.717, 1.165) is 16.7 Å². The van der Waals surface area contributed by atoms with Crippen molar-refractivity contribution < 1.29 is 4.79 Å². The molecule has 0 saturated carbocycles. The van der Waals surface area contributed by atoms with Crippen molar-refractivity contribution in [1.29, 1.82) is 0 Å². The van der Waals surface area contributed by atoms with Crippen LogP contribution in [0.1, 0.15) is 31.1 Å². The van der Waals surface area contributed by atoms with Gasteiger partial charge < -0.3 is 4.57 Å². The van der Waals surface area contributed by atoms with Gasteiger partial charge in [0, 0.05) is 11.7 Å². The first-order chi connectivity index (χ1) is 12.9. The van der Waals surface area contributed by atoms with Crippen molar-refractivity contribution in [3.63, 3.8) is 0 Å².